The molecule has 0 bridgehead atoms. The van der Waals surface area contributed by atoms with Crippen molar-refractivity contribution in [3.05, 3.63) is 66.0 Å². The number of anilines is 4. The Morgan fingerprint density at radius 1 is 0.840 bits per heavy atom. The molecule has 0 saturated carbocycles. The molecule has 0 amide bonds. The van der Waals surface area contributed by atoms with Gasteiger partial charge in [-0.25, -0.2) is 9.97 Å². The summed E-state index contributed by atoms with van der Waals surface area (Å²) in [6.45, 7) is 6.57. The van der Waals surface area contributed by atoms with Gasteiger partial charge < -0.3 is 15.4 Å². The molecule has 1 aromatic heterocycles. The first-order chi connectivity index (χ1) is 12.1. The third-order valence-electron chi connectivity index (χ3n) is 3.57. The number of nitrogens with zero attached hydrogens (tertiary/aromatic N) is 2. The average Bonchev–Trinajstić information content (AvgIpc) is 2.56. The van der Waals surface area contributed by atoms with Gasteiger partial charge in [0.2, 0.25) is 0 Å². The molecule has 3 rings (SSSR count). The molecule has 3 aromatic rings. The van der Waals surface area contributed by atoms with Gasteiger partial charge in [-0.15, -0.1) is 0 Å². The summed E-state index contributed by atoms with van der Waals surface area (Å²) in [5.41, 5.74) is 3.15. The van der Waals surface area contributed by atoms with Crippen LogP contribution in [0, 0.1) is 13.8 Å². The molecule has 1 heterocycles. The van der Waals surface area contributed by atoms with Gasteiger partial charge in [-0.1, -0.05) is 12.1 Å². The number of aromatic nitrogens is 2. The zero-order valence-corrected chi connectivity index (χ0v) is 14.7. The standard InChI is InChI=1S/C20H22N4O/c1-4-25-18-10-8-16(9-11-18)23-19-13-20(22-15(3)21-19)24-17-7-5-6-14(2)12-17/h5-13H,4H2,1-3H3,(H2,21,22,23,24). The Hall–Kier alpha value is -3.08. The van der Waals surface area contributed by atoms with E-state index in [-0.39, 0.29) is 0 Å². The third kappa shape index (κ3) is 4.70. The first kappa shape index (κ1) is 16.8. The first-order valence-corrected chi connectivity index (χ1v) is 8.31. The maximum atomic E-state index is 5.46. The van der Waals surface area contributed by atoms with E-state index in [0.717, 1.165) is 28.8 Å². The van der Waals surface area contributed by atoms with Crippen LogP contribution >= 0.6 is 0 Å². The molecule has 0 saturated heterocycles. The van der Waals surface area contributed by atoms with Crippen LogP contribution in [0.4, 0.5) is 23.0 Å². The lowest BCUT2D eigenvalue weighted by Crippen LogP contribution is -2.01. The van der Waals surface area contributed by atoms with Crippen molar-refractivity contribution in [3.63, 3.8) is 0 Å². The van der Waals surface area contributed by atoms with E-state index in [0.29, 0.717) is 12.4 Å². The van der Waals surface area contributed by atoms with E-state index < -0.39 is 0 Å². The van der Waals surface area contributed by atoms with Crippen molar-refractivity contribution in [2.45, 2.75) is 20.8 Å². The minimum atomic E-state index is 0.659. The predicted octanol–water partition coefficient (Wildman–Crippen LogP) is 4.98. The smallest absolute Gasteiger partial charge is 0.136 e. The van der Waals surface area contributed by atoms with Gasteiger partial charge >= 0.3 is 0 Å². The first-order valence-electron chi connectivity index (χ1n) is 8.31. The molecule has 5 nitrogen and oxygen atoms in total. The fourth-order valence-electron chi connectivity index (χ4n) is 2.52. The Kier molecular flexibility index (Phi) is 5.14. The highest BCUT2D eigenvalue weighted by molar-refractivity contribution is 5.63. The minimum Gasteiger partial charge on any atom is -0.494 e. The fraction of sp³-hybridized carbons (Fsp3) is 0.200. The number of ether oxygens (including phenoxy) is 1. The van der Waals surface area contributed by atoms with E-state index in [1.165, 1.54) is 5.56 Å². The molecule has 0 radical (unpaired) electrons. The molecule has 0 unspecified atom stereocenters. The number of hydrogen-bond donors (Lipinski definition) is 2. The van der Waals surface area contributed by atoms with E-state index in [4.69, 9.17) is 4.74 Å². The largest absolute Gasteiger partial charge is 0.494 e. The fourth-order valence-corrected chi connectivity index (χ4v) is 2.52. The lowest BCUT2D eigenvalue weighted by Gasteiger charge is -2.11. The number of nitrogens with one attached hydrogen (secondary N) is 2. The summed E-state index contributed by atoms with van der Waals surface area (Å²) in [4.78, 5) is 8.91. The SMILES string of the molecule is CCOc1ccc(Nc2cc(Nc3cccc(C)c3)nc(C)n2)cc1. The zero-order chi connectivity index (χ0) is 17.6. The maximum Gasteiger partial charge on any atom is 0.136 e. The van der Waals surface area contributed by atoms with Gasteiger partial charge in [-0.05, 0) is 62.7 Å². The number of benzene rings is 2. The van der Waals surface area contributed by atoms with E-state index in [2.05, 4.69) is 39.7 Å². The summed E-state index contributed by atoms with van der Waals surface area (Å²) >= 11 is 0. The summed E-state index contributed by atoms with van der Waals surface area (Å²) in [5, 5.41) is 6.63. The Bertz CT molecular complexity index is 847. The Morgan fingerprint density at radius 2 is 1.52 bits per heavy atom. The summed E-state index contributed by atoms with van der Waals surface area (Å²) < 4.78 is 5.46. The minimum absolute atomic E-state index is 0.659. The molecule has 0 spiro atoms. The summed E-state index contributed by atoms with van der Waals surface area (Å²) in [6, 6.07) is 17.9. The quantitative estimate of drug-likeness (QED) is 0.666. The second kappa shape index (κ2) is 7.66. The highest BCUT2D eigenvalue weighted by Gasteiger charge is 2.04. The topological polar surface area (TPSA) is 59.1 Å². The van der Waals surface area contributed by atoms with Crippen LogP contribution in [-0.4, -0.2) is 16.6 Å². The van der Waals surface area contributed by atoms with Crippen LogP contribution in [0.2, 0.25) is 0 Å². The van der Waals surface area contributed by atoms with Gasteiger partial charge in [0.25, 0.3) is 0 Å². The van der Waals surface area contributed by atoms with E-state index in [1.54, 1.807) is 0 Å². The number of aryl methyl sites for hydroxylation is 2. The normalized spacial score (nSPS) is 10.4. The molecule has 0 aliphatic carbocycles. The van der Waals surface area contributed by atoms with Gasteiger partial charge in [0, 0.05) is 17.4 Å². The second-order valence-electron chi connectivity index (χ2n) is 5.76. The number of rotatable bonds is 6. The molecule has 25 heavy (non-hydrogen) atoms. The van der Waals surface area contributed by atoms with Crippen molar-refractivity contribution < 1.29 is 4.74 Å². The summed E-state index contributed by atoms with van der Waals surface area (Å²) in [7, 11) is 0. The lowest BCUT2D eigenvalue weighted by molar-refractivity contribution is 0.340. The Balaban J connectivity index is 1.77. The van der Waals surface area contributed by atoms with E-state index >= 15 is 0 Å². The molecule has 0 fully saturated rings. The van der Waals surface area contributed by atoms with Crippen LogP contribution < -0.4 is 15.4 Å². The van der Waals surface area contributed by atoms with Gasteiger partial charge in [0.1, 0.15) is 23.2 Å². The van der Waals surface area contributed by atoms with Crippen LogP contribution in [0.15, 0.2) is 54.6 Å². The van der Waals surface area contributed by atoms with Crippen molar-refractivity contribution >= 4 is 23.0 Å². The van der Waals surface area contributed by atoms with E-state index in [1.807, 2.05) is 56.3 Å². The highest BCUT2D eigenvalue weighted by Crippen LogP contribution is 2.22. The van der Waals surface area contributed by atoms with Gasteiger partial charge in [0.15, 0.2) is 0 Å². The van der Waals surface area contributed by atoms with Crippen LogP contribution in [-0.2, 0) is 0 Å². The molecule has 0 aliphatic heterocycles. The highest BCUT2D eigenvalue weighted by atomic mass is 16.5. The van der Waals surface area contributed by atoms with Crippen LogP contribution in [0.3, 0.4) is 0 Å². The molecular formula is C20H22N4O. The van der Waals surface area contributed by atoms with Gasteiger partial charge in [-0.2, -0.15) is 0 Å². The molecule has 5 heteroatoms. The summed E-state index contributed by atoms with van der Waals surface area (Å²) in [6.07, 6.45) is 0. The third-order valence-corrected chi connectivity index (χ3v) is 3.57. The predicted molar refractivity (Wildman–Crippen MR) is 102 cm³/mol. The molecule has 2 aromatic carbocycles. The molecule has 0 atom stereocenters. The van der Waals surface area contributed by atoms with E-state index in [9.17, 15) is 0 Å². The zero-order valence-electron chi connectivity index (χ0n) is 14.7. The Morgan fingerprint density at radius 3 is 2.16 bits per heavy atom. The van der Waals surface area contributed by atoms with Crippen LogP contribution in [0.5, 0.6) is 5.75 Å². The summed E-state index contributed by atoms with van der Waals surface area (Å²) in [5.74, 6) is 3.05. The Labute approximate surface area is 148 Å². The molecule has 2 N–H and O–H groups in total. The molecular weight excluding hydrogens is 312 g/mol. The van der Waals surface area contributed by atoms with Crippen molar-refractivity contribution in [1.82, 2.24) is 9.97 Å². The van der Waals surface area contributed by atoms with Crippen molar-refractivity contribution in [2.24, 2.45) is 0 Å². The maximum absolute atomic E-state index is 5.46. The molecule has 128 valence electrons. The molecule has 0 aliphatic rings. The van der Waals surface area contributed by atoms with Crippen molar-refractivity contribution in [2.75, 3.05) is 17.2 Å². The van der Waals surface area contributed by atoms with Crippen molar-refractivity contribution in [3.8, 4) is 5.75 Å². The van der Waals surface area contributed by atoms with Crippen molar-refractivity contribution in [1.29, 1.82) is 0 Å². The average molecular weight is 334 g/mol. The van der Waals surface area contributed by atoms with Gasteiger partial charge in [-0.3, -0.25) is 0 Å². The lowest BCUT2D eigenvalue weighted by atomic mass is 10.2. The monoisotopic (exact) mass is 334 g/mol. The van der Waals surface area contributed by atoms with Crippen LogP contribution in [0.25, 0.3) is 0 Å². The second-order valence-corrected chi connectivity index (χ2v) is 5.76. The number of hydrogen-bond acceptors (Lipinski definition) is 5. The van der Waals surface area contributed by atoms with Crippen LogP contribution in [0.1, 0.15) is 18.3 Å². The van der Waals surface area contributed by atoms with Gasteiger partial charge in [0.05, 0.1) is 6.61 Å².